The van der Waals surface area contributed by atoms with Gasteiger partial charge in [-0.2, -0.15) is 8.78 Å². The number of alkyl halides is 2. The van der Waals surface area contributed by atoms with Gasteiger partial charge in [0.05, 0.1) is 11.6 Å². The maximum absolute atomic E-state index is 13.8. The number of Topliss-reactive ketones (excluding diaryl/α,β-unsaturated/α-hetero) is 1. The Hall–Kier alpha value is -1.19. The molecule has 0 saturated heterocycles. The van der Waals surface area contributed by atoms with E-state index in [0.29, 0.717) is 12.0 Å². The Balaban J connectivity index is 2.45. The van der Waals surface area contributed by atoms with Crippen LogP contribution in [0.3, 0.4) is 0 Å². The third-order valence-electron chi connectivity index (χ3n) is 3.54. The van der Waals surface area contributed by atoms with Crippen molar-refractivity contribution in [2.45, 2.75) is 19.3 Å². The van der Waals surface area contributed by atoms with E-state index in [2.05, 4.69) is 11.9 Å². The fourth-order valence-corrected chi connectivity index (χ4v) is 2.71. The summed E-state index contributed by atoms with van der Waals surface area (Å²) in [5, 5.41) is 2.56. The molecule has 2 rings (SSSR count). The van der Waals surface area contributed by atoms with Gasteiger partial charge in [0, 0.05) is 13.0 Å². The molecule has 1 saturated carbocycles. The van der Waals surface area contributed by atoms with Crippen molar-refractivity contribution < 1.29 is 13.6 Å². The second-order valence-corrected chi connectivity index (χ2v) is 4.48. The van der Waals surface area contributed by atoms with Gasteiger partial charge < -0.3 is 5.32 Å². The maximum Gasteiger partial charge on any atom is 0.290 e. The van der Waals surface area contributed by atoms with Crippen molar-refractivity contribution in [1.82, 2.24) is 5.32 Å². The zero-order chi connectivity index (χ0) is 12.1. The summed E-state index contributed by atoms with van der Waals surface area (Å²) in [6.45, 7) is 4.99. The minimum Gasteiger partial charge on any atom is -0.387 e. The molecule has 0 aromatic carbocycles. The Kier molecular flexibility index (Phi) is 2.40. The normalized spacial score (nSPS) is 32.0. The Bertz CT molecular complexity index is 386. The van der Waals surface area contributed by atoms with Gasteiger partial charge in [-0.05, 0) is 24.8 Å². The van der Waals surface area contributed by atoms with Crippen LogP contribution in [0.4, 0.5) is 8.78 Å². The number of fused-ring (bicyclic) bond motifs is 1. The lowest BCUT2D eigenvalue weighted by Gasteiger charge is -2.20. The molecule has 1 fully saturated rings. The van der Waals surface area contributed by atoms with Gasteiger partial charge in [0.25, 0.3) is 5.92 Å². The number of carbonyl (C=O) groups excluding carboxylic acids is 1. The van der Waals surface area contributed by atoms with Crippen LogP contribution >= 0.6 is 0 Å². The van der Waals surface area contributed by atoms with Crippen LogP contribution in [0.5, 0.6) is 0 Å². The standard InChI is InChI=1S/C12H15F2NO/c1-4-7(6(2)16)10-8-5-9(8)12(13,14)11(10)15-3/h4,7-9,15H,1,5H2,2-3H3. The summed E-state index contributed by atoms with van der Waals surface area (Å²) in [6, 6.07) is 0. The summed E-state index contributed by atoms with van der Waals surface area (Å²) < 4.78 is 27.6. The van der Waals surface area contributed by atoms with Crippen LogP contribution in [0.15, 0.2) is 23.9 Å². The highest BCUT2D eigenvalue weighted by Crippen LogP contribution is 2.63. The molecule has 3 unspecified atom stereocenters. The summed E-state index contributed by atoms with van der Waals surface area (Å²) in [7, 11) is 1.48. The molecule has 0 spiro atoms. The first-order valence-corrected chi connectivity index (χ1v) is 5.38. The molecule has 2 nitrogen and oxygen atoms in total. The first kappa shape index (κ1) is 11.3. The fourth-order valence-electron chi connectivity index (χ4n) is 2.71. The quantitative estimate of drug-likeness (QED) is 0.745. The van der Waals surface area contributed by atoms with E-state index in [0.717, 1.165) is 0 Å². The van der Waals surface area contributed by atoms with Gasteiger partial charge in [-0.3, -0.25) is 4.79 Å². The molecule has 0 bridgehead atoms. The van der Waals surface area contributed by atoms with Gasteiger partial charge >= 0.3 is 0 Å². The first-order chi connectivity index (χ1) is 7.45. The zero-order valence-electron chi connectivity index (χ0n) is 9.39. The Morgan fingerprint density at radius 3 is 2.75 bits per heavy atom. The number of rotatable bonds is 4. The Labute approximate surface area is 93.4 Å². The molecular weight excluding hydrogens is 212 g/mol. The molecule has 0 aromatic rings. The third-order valence-corrected chi connectivity index (χ3v) is 3.54. The fraction of sp³-hybridized carbons (Fsp3) is 0.583. The van der Waals surface area contributed by atoms with E-state index in [1.165, 1.54) is 20.0 Å². The molecule has 0 aromatic heterocycles. The number of nitrogens with one attached hydrogen (secondary N) is 1. The summed E-state index contributed by atoms with van der Waals surface area (Å²) in [6.07, 6.45) is 1.96. The highest BCUT2D eigenvalue weighted by Gasteiger charge is 2.65. The van der Waals surface area contributed by atoms with E-state index >= 15 is 0 Å². The molecule has 88 valence electrons. The van der Waals surface area contributed by atoms with Crippen LogP contribution in [0.2, 0.25) is 0 Å². The minimum absolute atomic E-state index is 0.0612. The molecule has 0 heterocycles. The number of hydrogen-bond acceptors (Lipinski definition) is 2. The smallest absolute Gasteiger partial charge is 0.290 e. The topological polar surface area (TPSA) is 29.1 Å². The molecule has 2 aliphatic carbocycles. The lowest BCUT2D eigenvalue weighted by atomic mass is 9.91. The van der Waals surface area contributed by atoms with Crippen molar-refractivity contribution in [1.29, 1.82) is 0 Å². The van der Waals surface area contributed by atoms with Gasteiger partial charge in [0.15, 0.2) is 0 Å². The van der Waals surface area contributed by atoms with Crippen molar-refractivity contribution in [3.8, 4) is 0 Å². The van der Waals surface area contributed by atoms with Crippen molar-refractivity contribution in [3.05, 3.63) is 23.9 Å². The van der Waals surface area contributed by atoms with E-state index < -0.39 is 17.8 Å². The SMILES string of the molecule is C=CC(C(C)=O)C1=C(NC)C(F)(F)C2CC12. The second-order valence-electron chi connectivity index (χ2n) is 4.48. The molecule has 0 amide bonds. The van der Waals surface area contributed by atoms with Gasteiger partial charge in [-0.15, -0.1) is 6.58 Å². The van der Waals surface area contributed by atoms with Crippen molar-refractivity contribution >= 4 is 5.78 Å². The van der Waals surface area contributed by atoms with E-state index in [-0.39, 0.29) is 17.4 Å². The highest BCUT2D eigenvalue weighted by atomic mass is 19.3. The molecular formula is C12H15F2NO. The van der Waals surface area contributed by atoms with Gasteiger partial charge in [0.1, 0.15) is 5.78 Å². The van der Waals surface area contributed by atoms with E-state index in [1.54, 1.807) is 0 Å². The number of hydrogen-bond donors (Lipinski definition) is 1. The van der Waals surface area contributed by atoms with E-state index in [1.807, 2.05) is 0 Å². The van der Waals surface area contributed by atoms with Crippen LogP contribution in [0.25, 0.3) is 0 Å². The van der Waals surface area contributed by atoms with E-state index in [4.69, 9.17) is 0 Å². The molecule has 1 N–H and O–H groups in total. The summed E-state index contributed by atoms with van der Waals surface area (Å²) in [4.78, 5) is 11.4. The average Bonchev–Trinajstić information content (AvgIpc) is 2.92. The number of ketones is 1. The number of allylic oxidation sites excluding steroid dienone is 3. The predicted molar refractivity (Wildman–Crippen MR) is 57.0 cm³/mol. The van der Waals surface area contributed by atoms with Crippen LogP contribution in [-0.4, -0.2) is 18.8 Å². The van der Waals surface area contributed by atoms with Crippen LogP contribution in [0, 0.1) is 17.8 Å². The van der Waals surface area contributed by atoms with Gasteiger partial charge in [-0.25, -0.2) is 0 Å². The van der Waals surface area contributed by atoms with Crippen molar-refractivity contribution in [2.24, 2.45) is 17.8 Å². The third kappa shape index (κ3) is 1.32. The average molecular weight is 227 g/mol. The monoisotopic (exact) mass is 227 g/mol. The lowest BCUT2D eigenvalue weighted by Crippen LogP contribution is -2.29. The molecule has 3 atom stereocenters. The van der Waals surface area contributed by atoms with Crippen molar-refractivity contribution in [3.63, 3.8) is 0 Å². The summed E-state index contributed by atoms with van der Waals surface area (Å²) in [5.74, 6) is -4.23. The largest absolute Gasteiger partial charge is 0.387 e. The molecule has 16 heavy (non-hydrogen) atoms. The van der Waals surface area contributed by atoms with Crippen LogP contribution < -0.4 is 5.32 Å². The predicted octanol–water partition coefficient (Wildman–Crippen LogP) is 2.14. The van der Waals surface area contributed by atoms with Crippen molar-refractivity contribution in [2.75, 3.05) is 7.05 Å². The van der Waals surface area contributed by atoms with Crippen LogP contribution in [-0.2, 0) is 4.79 Å². The lowest BCUT2D eigenvalue weighted by molar-refractivity contribution is -0.118. The Morgan fingerprint density at radius 1 is 1.69 bits per heavy atom. The van der Waals surface area contributed by atoms with Gasteiger partial charge in [-0.1, -0.05) is 6.08 Å². The number of carbonyl (C=O) groups is 1. The minimum atomic E-state index is -2.80. The second kappa shape index (κ2) is 3.40. The molecule has 0 aliphatic heterocycles. The summed E-state index contributed by atoms with van der Waals surface area (Å²) >= 11 is 0. The van der Waals surface area contributed by atoms with E-state index in [9.17, 15) is 13.6 Å². The summed E-state index contributed by atoms with van der Waals surface area (Å²) in [5.41, 5.74) is 0.494. The molecule has 2 aliphatic rings. The van der Waals surface area contributed by atoms with Crippen LogP contribution in [0.1, 0.15) is 13.3 Å². The number of halogens is 2. The van der Waals surface area contributed by atoms with Gasteiger partial charge in [0.2, 0.25) is 0 Å². The zero-order valence-corrected chi connectivity index (χ0v) is 9.39. The Morgan fingerprint density at radius 2 is 2.31 bits per heavy atom. The maximum atomic E-state index is 13.8. The molecule has 0 radical (unpaired) electrons. The first-order valence-electron chi connectivity index (χ1n) is 5.38. The highest BCUT2D eigenvalue weighted by molar-refractivity contribution is 5.84. The molecule has 4 heteroatoms.